The van der Waals surface area contributed by atoms with Crippen LogP contribution in [0, 0.1) is 6.92 Å². The first-order chi connectivity index (χ1) is 19.9. The summed E-state index contributed by atoms with van der Waals surface area (Å²) in [7, 11) is 1.92. The third-order valence-electron chi connectivity index (χ3n) is 8.98. The number of carbonyl (C=O) groups is 2. The van der Waals surface area contributed by atoms with Crippen molar-refractivity contribution >= 4 is 23.3 Å². The molecule has 2 amide bonds. The van der Waals surface area contributed by atoms with E-state index in [1.54, 1.807) is 9.80 Å². The van der Waals surface area contributed by atoms with Crippen LogP contribution < -0.4 is 10.6 Å². The Balaban J connectivity index is 1.53. The third-order valence-corrected chi connectivity index (χ3v) is 8.98. The highest BCUT2D eigenvalue weighted by Gasteiger charge is 2.39. The van der Waals surface area contributed by atoms with Crippen LogP contribution in [0.1, 0.15) is 78.5 Å². The van der Waals surface area contributed by atoms with Crippen molar-refractivity contribution in [3.05, 3.63) is 70.6 Å². The van der Waals surface area contributed by atoms with E-state index in [0.717, 1.165) is 36.6 Å². The quantitative estimate of drug-likeness (QED) is 0.440. The number of carbonyl (C=O) groups excluding carboxylic acids is 2. The summed E-state index contributed by atoms with van der Waals surface area (Å²) in [5.41, 5.74) is 9.69. The maximum Gasteiger partial charge on any atom is 0.287 e. The minimum atomic E-state index is -3.20. The molecule has 1 aromatic carbocycles. The van der Waals surface area contributed by atoms with Crippen molar-refractivity contribution in [3.8, 4) is 5.75 Å². The standard InChI is InChI=1S/C32H39F2N5O3/c1-5-28(41)38-14-7-10-22-24(37(4)25-12-11-21(17-27(25)40)20-8-6-9-20)13-15-39(26(22)18-38)31(42)23-16-19(2)29(32(3,33)34)36-30(23)35/h5,11-12,16-17,20,26,40H,1,6-10,13-15,18H2,2-4H3,(H2,35,36). The summed E-state index contributed by atoms with van der Waals surface area (Å²) in [6.45, 7) is 6.95. The molecule has 1 saturated carbocycles. The predicted molar refractivity (Wildman–Crippen MR) is 159 cm³/mol. The van der Waals surface area contributed by atoms with Crippen LogP contribution in [0.3, 0.4) is 0 Å². The summed E-state index contributed by atoms with van der Waals surface area (Å²) in [5.74, 6) is -3.38. The number of anilines is 2. The zero-order chi connectivity index (χ0) is 30.3. The van der Waals surface area contributed by atoms with E-state index < -0.39 is 23.6 Å². The number of halogens is 2. The molecular weight excluding hydrogens is 540 g/mol. The van der Waals surface area contributed by atoms with E-state index in [1.807, 2.05) is 24.1 Å². The first-order valence-corrected chi connectivity index (χ1v) is 14.6. The number of phenols is 1. The van der Waals surface area contributed by atoms with Crippen LogP contribution in [0.25, 0.3) is 0 Å². The van der Waals surface area contributed by atoms with Crippen molar-refractivity contribution in [2.24, 2.45) is 0 Å². The Morgan fingerprint density at radius 2 is 1.93 bits per heavy atom. The van der Waals surface area contributed by atoms with Crippen LogP contribution >= 0.6 is 0 Å². The second-order valence-corrected chi connectivity index (χ2v) is 11.7. The van der Waals surface area contributed by atoms with E-state index in [-0.39, 0.29) is 35.1 Å². The number of rotatable bonds is 6. The van der Waals surface area contributed by atoms with Gasteiger partial charge in [0.1, 0.15) is 17.3 Å². The molecule has 42 heavy (non-hydrogen) atoms. The molecule has 2 aliphatic heterocycles. The number of fused-ring (bicyclic) bond motifs is 1. The number of aromatic nitrogens is 1. The average Bonchev–Trinajstić information content (AvgIpc) is 3.14. The number of amides is 2. The number of aryl methyl sites for hydroxylation is 1. The topological polar surface area (TPSA) is 103 Å². The number of aromatic hydroxyl groups is 1. The molecule has 1 unspecified atom stereocenters. The summed E-state index contributed by atoms with van der Waals surface area (Å²) in [5, 5.41) is 11.0. The Morgan fingerprint density at radius 1 is 1.19 bits per heavy atom. The Morgan fingerprint density at radius 3 is 2.55 bits per heavy atom. The fourth-order valence-electron chi connectivity index (χ4n) is 6.52. The molecule has 3 heterocycles. The monoisotopic (exact) mass is 579 g/mol. The molecular formula is C32H39F2N5O3. The van der Waals surface area contributed by atoms with E-state index in [1.165, 1.54) is 25.5 Å². The number of nitrogens with two attached hydrogens (primary N) is 1. The molecule has 2 fully saturated rings. The predicted octanol–water partition coefficient (Wildman–Crippen LogP) is 5.47. The van der Waals surface area contributed by atoms with Crippen molar-refractivity contribution in [1.29, 1.82) is 0 Å². The van der Waals surface area contributed by atoms with Gasteiger partial charge in [-0.15, -0.1) is 0 Å². The highest BCUT2D eigenvalue weighted by molar-refractivity contribution is 5.99. The van der Waals surface area contributed by atoms with E-state index in [9.17, 15) is 23.5 Å². The minimum Gasteiger partial charge on any atom is -0.506 e. The minimum absolute atomic E-state index is 0.0618. The van der Waals surface area contributed by atoms with Crippen LogP contribution in [0.5, 0.6) is 5.75 Å². The lowest BCUT2D eigenvalue weighted by Gasteiger charge is -2.42. The molecule has 10 heteroatoms. The highest BCUT2D eigenvalue weighted by atomic mass is 19.3. The maximum absolute atomic E-state index is 14.1. The van der Waals surface area contributed by atoms with Gasteiger partial charge < -0.3 is 25.5 Å². The maximum atomic E-state index is 14.1. The second kappa shape index (κ2) is 11.4. The summed E-state index contributed by atoms with van der Waals surface area (Å²) in [4.78, 5) is 36.0. The number of nitrogens with zero attached hydrogens (tertiary/aromatic N) is 4. The molecule has 3 aliphatic rings. The van der Waals surface area contributed by atoms with Gasteiger partial charge in [-0.05, 0) is 79.5 Å². The first-order valence-electron chi connectivity index (χ1n) is 14.6. The fraction of sp³-hybridized carbons (Fsp3) is 0.469. The summed E-state index contributed by atoms with van der Waals surface area (Å²) in [6, 6.07) is 6.80. The van der Waals surface area contributed by atoms with Gasteiger partial charge in [0.15, 0.2) is 0 Å². The molecule has 5 rings (SSSR count). The molecule has 0 spiro atoms. The number of alkyl halides is 2. The van der Waals surface area contributed by atoms with Crippen LogP contribution in [0.15, 0.2) is 48.2 Å². The molecule has 1 aliphatic carbocycles. The zero-order valence-electron chi connectivity index (χ0n) is 24.5. The molecule has 8 nitrogen and oxygen atoms in total. The van der Waals surface area contributed by atoms with Crippen LogP contribution in [0.4, 0.5) is 20.3 Å². The van der Waals surface area contributed by atoms with Crippen LogP contribution in [0.2, 0.25) is 0 Å². The first kappa shape index (κ1) is 29.5. The number of likely N-dealkylation sites (tertiary alicyclic amines) is 1. The van der Waals surface area contributed by atoms with Gasteiger partial charge in [-0.1, -0.05) is 19.1 Å². The fourth-order valence-corrected chi connectivity index (χ4v) is 6.52. The third kappa shape index (κ3) is 5.46. The Labute approximate surface area is 245 Å². The van der Waals surface area contributed by atoms with Gasteiger partial charge in [0.25, 0.3) is 11.8 Å². The van der Waals surface area contributed by atoms with Crippen molar-refractivity contribution in [2.75, 3.05) is 37.3 Å². The van der Waals surface area contributed by atoms with E-state index in [4.69, 9.17) is 5.73 Å². The number of hydrogen-bond donors (Lipinski definition) is 2. The molecule has 224 valence electrons. The van der Waals surface area contributed by atoms with Crippen molar-refractivity contribution in [2.45, 2.75) is 70.3 Å². The SMILES string of the molecule is C=CC(=O)N1CCCC2=C(N(C)c3ccc(C4CCC4)cc3O)CCN(C(=O)c3cc(C)c(C(C)(F)F)nc3N)C2C1. The highest BCUT2D eigenvalue weighted by Crippen LogP contribution is 2.42. The average molecular weight is 580 g/mol. The number of pyridine rings is 1. The largest absolute Gasteiger partial charge is 0.506 e. The van der Waals surface area contributed by atoms with Crippen molar-refractivity contribution < 1.29 is 23.5 Å². The summed E-state index contributed by atoms with van der Waals surface area (Å²) < 4.78 is 28.2. The lowest BCUT2D eigenvalue weighted by atomic mass is 9.80. The normalized spacial score (nSPS) is 19.6. The number of benzene rings is 1. The zero-order valence-corrected chi connectivity index (χ0v) is 24.5. The van der Waals surface area contributed by atoms with Gasteiger partial charge in [-0.25, -0.2) is 4.98 Å². The van der Waals surface area contributed by atoms with Crippen LogP contribution in [-0.4, -0.2) is 64.4 Å². The molecule has 1 atom stereocenters. The van der Waals surface area contributed by atoms with Gasteiger partial charge in [-0.3, -0.25) is 9.59 Å². The number of nitrogen functional groups attached to an aromatic ring is 1. The second-order valence-electron chi connectivity index (χ2n) is 11.7. The molecule has 0 bridgehead atoms. The smallest absolute Gasteiger partial charge is 0.287 e. The molecule has 3 N–H and O–H groups in total. The summed E-state index contributed by atoms with van der Waals surface area (Å²) >= 11 is 0. The van der Waals surface area contributed by atoms with Gasteiger partial charge in [0, 0.05) is 45.7 Å². The molecule has 2 aromatic rings. The number of hydrogen-bond acceptors (Lipinski definition) is 6. The molecule has 0 radical (unpaired) electrons. The molecule has 1 aromatic heterocycles. The van der Waals surface area contributed by atoms with Crippen molar-refractivity contribution in [1.82, 2.24) is 14.8 Å². The lowest BCUT2D eigenvalue weighted by molar-refractivity contribution is -0.126. The van der Waals surface area contributed by atoms with Gasteiger partial charge in [0.2, 0.25) is 5.91 Å². The van der Waals surface area contributed by atoms with Gasteiger partial charge >= 0.3 is 0 Å². The Bertz CT molecular complexity index is 1450. The lowest BCUT2D eigenvalue weighted by Crippen LogP contribution is -2.51. The number of phenolic OH excluding ortho intramolecular Hbond substituents is 1. The van der Waals surface area contributed by atoms with Crippen molar-refractivity contribution in [3.63, 3.8) is 0 Å². The van der Waals surface area contributed by atoms with E-state index in [0.29, 0.717) is 44.0 Å². The van der Waals surface area contributed by atoms with Crippen LogP contribution in [-0.2, 0) is 10.7 Å². The van der Waals surface area contributed by atoms with Gasteiger partial charge in [0.05, 0.1) is 17.3 Å². The summed E-state index contributed by atoms with van der Waals surface area (Å²) in [6.07, 6.45) is 6.60. The van der Waals surface area contributed by atoms with E-state index >= 15 is 0 Å². The molecule has 1 saturated heterocycles. The Hall–Kier alpha value is -3.95. The van der Waals surface area contributed by atoms with Gasteiger partial charge in [-0.2, -0.15) is 8.78 Å². The van der Waals surface area contributed by atoms with E-state index in [2.05, 4.69) is 17.6 Å². The Kier molecular flexibility index (Phi) is 8.00.